The summed E-state index contributed by atoms with van der Waals surface area (Å²) in [6.07, 6.45) is 5.51. The third kappa shape index (κ3) is 2.51. The van der Waals surface area contributed by atoms with E-state index in [1.165, 1.54) is 4.68 Å². The molecule has 5 nitrogen and oxygen atoms in total. The van der Waals surface area contributed by atoms with Crippen molar-refractivity contribution in [3.63, 3.8) is 0 Å². The molecule has 84 valence electrons. The number of nitrogens with two attached hydrogens (primary N) is 1. The lowest BCUT2D eigenvalue weighted by atomic mass is 10.1. The van der Waals surface area contributed by atoms with Crippen LogP contribution in [0.15, 0.2) is 12.4 Å². The van der Waals surface area contributed by atoms with E-state index in [4.69, 9.17) is 10.8 Å². The molecule has 1 heterocycles. The van der Waals surface area contributed by atoms with Crippen LogP contribution in [-0.4, -0.2) is 32.9 Å². The Balaban J connectivity index is 2.95. The van der Waals surface area contributed by atoms with Gasteiger partial charge in [-0.25, -0.2) is 9.48 Å². The van der Waals surface area contributed by atoms with Gasteiger partial charge in [0.05, 0.1) is 6.20 Å². The molecule has 0 aliphatic heterocycles. The van der Waals surface area contributed by atoms with Crippen molar-refractivity contribution in [1.82, 2.24) is 9.78 Å². The van der Waals surface area contributed by atoms with Crippen LogP contribution in [0.1, 0.15) is 12.0 Å². The quantitative estimate of drug-likeness (QED) is 0.774. The zero-order chi connectivity index (χ0) is 11.5. The molecule has 1 atom stereocenters. The summed E-state index contributed by atoms with van der Waals surface area (Å²) in [5, 5.41) is 13.1. The summed E-state index contributed by atoms with van der Waals surface area (Å²) in [6, 6.07) is 0. The van der Waals surface area contributed by atoms with Gasteiger partial charge in [0.2, 0.25) is 5.66 Å². The summed E-state index contributed by atoms with van der Waals surface area (Å²) in [4.78, 5) is 11.1. The van der Waals surface area contributed by atoms with E-state index in [0.29, 0.717) is 12.2 Å². The number of rotatable bonds is 5. The SMILES string of the molecule is CSCCC(N)(C(=O)O)n1cc(C)cn1. The summed E-state index contributed by atoms with van der Waals surface area (Å²) >= 11 is 1.56. The van der Waals surface area contributed by atoms with Gasteiger partial charge in [-0.2, -0.15) is 16.9 Å². The molecule has 0 fully saturated rings. The molecular weight excluding hydrogens is 214 g/mol. The molecule has 0 aliphatic rings. The van der Waals surface area contributed by atoms with Gasteiger partial charge in [-0.3, -0.25) is 5.73 Å². The van der Waals surface area contributed by atoms with Crippen LogP contribution >= 0.6 is 11.8 Å². The fraction of sp³-hybridized carbons (Fsp3) is 0.556. The molecule has 0 saturated heterocycles. The maximum Gasteiger partial charge on any atom is 0.346 e. The highest BCUT2D eigenvalue weighted by atomic mass is 32.2. The van der Waals surface area contributed by atoms with Gasteiger partial charge in [0.25, 0.3) is 0 Å². The van der Waals surface area contributed by atoms with Crippen molar-refractivity contribution >= 4 is 17.7 Å². The minimum atomic E-state index is -1.43. The molecule has 0 saturated carbocycles. The molecule has 1 unspecified atom stereocenters. The number of carbonyl (C=O) groups is 1. The molecule has 0 radical (unpaired) electrons. The van der Waals surface area contributed by atoms with E-state index in [1.807, 2.05) is 13.2 Å². The van der Waals surface area contributed by atoms with E-state index < -0.39 is 11.6 Å². The number of aromatic nitrogens is 2. The van der Waals surface area contributed by atoms with Crippen molar-refractivity contribution in [2.45, 2.75) is 19.0 Å². The fourth-order valence-electron chi connectivity index (χ4n) is 1.21. The summed E-state index contributed by atoms with van der Waals surface area (Å²) in [5.74, 6) is -0.374. The second-order valence-electron chi connectivity index (χ2n) is 3.43. The van der Waals surface area contributed by atoms with Crippen molar-refractivity contribution < 1.29 is 9.90 Å². The van der Waals surface area contributed by atoms with Gasteiger partial charge < -0.3 is 5.11 Å². The van der Waals surface area contributed by atoms with Crippen LogP contribution in [-0.2, 0) is 10.5 Å². The first-order valence-corrected chi connectivity index (χ1v) is 5.93. The number of hydrogen-bond acceptors (Lipinski definition) is 4. The van der Waals surface area contributed by atoms with E-state index in [1.54, 1.807) is 24.2 Å². The number of aliphatic carboxylic acids is 1. The predicted molar refractivity (Wildman–Crippen MR) is 59.8 cm³/mol. The van der Waals surface area contributed by atoms with Gasteiger partial charge >= 0.3 is 5.97 Å². The third-order valence-corrected chi connectivity index (χ3v) is 2.79. The Kier molecular flexibility index (Phi) is 3.76. The Morgan fingerprint density at radius 1 is 1.80 bits per heavy atom. The highest BCUT2D eigenvalue weighted by Crippen LogP contribution is 2.17. The van der Waals surface area contributed by atoms with Crippen LogP contribution in [0.25, 0.3) is 0 Å². The van der Waals surface area contributed by atoms with Crippen LogP contribution in [0.5, 0.6) is 0 Å². The maximum absolute atomic E-state index is 11.1. The molecule has 0 aromatic carbocycles. The third-order valence-electron chi connectivity index (χ3n) is 2.18. The fourth-order valence-corrected chi connectivity index (χ4v) is 1.72. The summed E-state index contributed by atoms with van der Waals surface area (Å²) in [5.41, 5.74) is 5.31. The van der Waals surface area contributed by atoms with E-state index in [2.05, 4.69) is 5.10 Å². The van der Waals surface area contributed by atoms with Crippen LogP contribution in [0.3, 0.4) is 0 Å². The molecule has 1 aromatic heterocycles. The van der Waals surface area contributed by atoms with E-state index in [0.717, 1.165) is 5.56 Å². The topological polar surface area (TPSA) is 81.1 Å². The first-order chi connectivity index (χ1) is 7.00. The summed E-state index contributed by atoms with van der Waals surface area (Å²) in [6.45, 7) is 1.85. The monoisotopic (exact) mass is 229 g/mol. The van der Waals surface area contributed by atoms with E-state index >= 15 is 0 Å². The minimum Gasteiger partial charge on any atom is -0.478 e. The molecule has 0 aliphatic carbocycles. The maximum atomic E-state index is 11.1. The lowest BCUT2D eigenvalue weighted by Gasteiger charge is -2.24. The van der Waals surface area contributed by atoms with Gasteiger partial charge in [0.1, 0.15) is 0 Å². The summed E-state index contributed by atoms with van der Waals surface area (Å²) in [7, 11) is 0. The summed E-state index contributed by atoms with van der Waals surface area (Å²) < 4.78 is 1.32. The van der Waals surface area contributed by atoms with Crippen molar-refractivity contribution in [2.75, 3.05) is 12.0 Å². The highest BCUT2D eigenvalue weighted by Gasteiger charge is 2.36. The van der Waals surface area contributed by atoms with Crippen LogP contribution in [0.4, 0.5) is 0 Å². The van der Waals surface area contributed by atoms with Gasteiger partial charge in [-0.1, -0.05) is 0 Å². The van der Waals surface area contributed by atoms with Crippen LogP contribution in [0.2, 0.25) is 0 Å². The van der Waals surface area contributed by atoms with E-state index in [-0.39, 0.29) is 0 Å². The Bertz CT molecular complexity index is 353. The number of carboxylic acids is 1. The molecule has 3 N–H and O–H groups in total. The van der Waals surface area contributed by atoms with Crippen molar-refractivity contribution in [2.24, 2.45) is 5.73 Å². The Morgan fingerprint density at radius 2 is 2.47 bits per heavy atom. The average molecular weight is 229 g/mol. The Morgan fingerprint density at radius 3 is 2.87 bits per heavy atom. The second kappa shape index (κ2) is 4.67. The number of carboxylic acid groups (broad SMARTS) is 1. The smallest absolute Gasteiger partial charge is 0.346 e. The predicted octanol–water partition coefficient (Wildman–Crippen LogP) is 0.641. The molecule has 15 heavy (non-hydrogen) atoms. The van der Waals surface area contributed by atoms with Gasteiger partial charge in [0, 0.05) is 12.6 Å². The van der Waals surface area contributed by atoms with Gasteiger partial charge in [0.15, 0.2) is 0 Å². The molecular formula is C9H15N3O2S. The lowest BCUT2D eigenvalue weighted by molar-refractivity contribution is -0.148. The second-order valence-corrected chi connectivity index (χ2v) is 4.42. The molecule has 6 heteroatoms. The molecule has 0 bridgehead atoms. The molecule has 0 spiro atoms. The standard InChI is InChI=1S/C9H15N3O2S/c1-7-5-11-12(6-7)9(10,8(13)14)3-4-15-2/h5-6H,3-4,10H2,1-2H3,(H,13,14). The Labute approximate surface area is 92.6 Å². The van der Waals surface area contributed by atoms with Crippen molar-refractivity contribution in [1.29, 1.82) is 0 Å². The minimum absolute atomic E-state index is 0.352. The first kappa shape index (κ1) is 12.1. The van der Waals surface area contributed by atoms with E-state index in [9.17, 15) is 4.79 Å². The van der Waals surface area contributed by atoms with Crippen LogP contribution < -0.4 is 5.73 Å². The van der Waals surface area contributed by atoms with Crippen molar-refractivity contribution in [3.05, 3.63) is 18.0 Å². The number of hydrogen-bond donors (Lipinski definition) is 2. The molecule has 1 aromatic rings. The first-order valence-electron chi connectivity index (χ1n) is 4.53. The number of nitrogens with zero attached hydrogens (tertiary/aromatic N) is 2. The zero-order valence-corrected chi connectivity index (χ0v) is 9.62. The normalized spacial score (nSPS) is 14.9. The molecule has 0 amide bonds. The lowest BCUT2D eigenvalue weighted by Crippen LogP contribution is -2.51. The largest absolute Gasteiger partial charge is 0.478 e. The Hall–Kier alpha value is -1.01. The van der Waals surface area contributed by atoms with Gasteiger partial charge in [-0.15, -0.1) is 0 Å². The zero-order valence-electron chi connectivity index (χ0n) is 8.80. The number of thioether (sulfide) groups is 1. The number of aryl methyl sites for hydroxylation is 1. The highest BCUT2D eigenvalue weighted by molar-refractivity contribution is 7.98. The van der Waals surface area contributed by atoms with Gasteiger partial charge in [-0.05, 0) is 24.5 Å². The molecule has 1 rings (SSSR count). The van der Waals surface area contributed by atoms with Crippen LogP contribution in [0, 0.1) is 6.92 Å². The van der Waals surface area contributed by atoms with Crippen molar-refractivity contribution in [3.8, 4) is 0 Å². The average Bonchev–Trinajstić information content (AvgIpc) is 2.61.